The highest BCUT2D eigenvalue weighted by Crippen LogP contribution is 2.22. The third-order valence-electron chi connectivity index (χ3n) is 3.32. The molecule has 0 unspecified atom stereocenters. The summed E-state index contributed by atoms with van der Waals surface area (Å²) < 4.78 is 0. The van der Waals surface area contributed by atoms with E-state index in [0.29, 0.717) is 12.4 Å². The number of rotatable bonds is 6. The smallest absolute Gasteiger partial charge is 0.242 e. The molecule has 0 spiro atoms. The first-order valence-electron chi connectivity index (χ1n) is 6.96. The standard InChI is InChI=1S/C14H25N5O/c1-7-19(8-2)12(20)9-18(6)14-10(3)13(15-5)16-11(4)17-14/h7-9H2,1-6H3,(H,15,16,17). The van der Waals surface area contributed by atoms with E-state index in [1.54, 1.807) is 0 Å². The molecule has 20 heavy (non-hydrogen) atoms. The first-order chi connectivity index (χ1) is 9.44. The molecule has 0 atom stereocenters. The largest absolute Gasteiger partial charge is 0.373 e. The van der Waals surface area contributed by atoms with Crippen molar-refractivity contribution in [2.75, 3.05) is 43.9 Å². The maximum atomic E-state index is 12.2. The molecule has 0 bridgehead atoms. The van der Waals surface area contributed by atoms with Gasteiger partial charge in [0.2, 0.25) is 5.91 Å². The third kappa shape index (κ3) is 3.59. The predicted molar refractivity (Wildman–Crippen MR) is 82.3 cm³/mol. The molecule has 0 aliphatic rings. The molecule has 1 rings (SSSR count). The molecular weight excluding hydrogens is 254 g/mol. The number of aryl methyl sites for hydroxylation is 1. The Morgan fingerprint density at radius 2 is 1.80 bits per heavy atom. The summed E-state index contributed by atoms with van der Waals surface area (Å²) in [6.45, 7) is 9.56. The van der Waals surface area contributed by atoms with Crippen molar-refractivity contribution in [2.24, 2.45) is 0 Å². The summed E-state index contributed by atoms with van der Waals surface area (Å²) in [6, 6.07) is 0. The minimum Gasteiger partial charge on any atom is -0.373 e. The minimum absolute atomic E-state index is 0.110. The van der Waals surface area contributed by atoms with Crippen molar-refractivity contribution in [3.63, 3.8) is 0 Å². The van der Waals surface area contributed by atoms with Crippen LogP contribution in [0.3, 0.4) is 0 Å². The van der Waals surface area contributed by atoms with E-state index in [-0.39, 0.29) is 5.91 Å². The Balaban J connectivity index is 2.95. The molecule has 1 heterocycles. The Hall–Kier alpha value is -1.85. The number of carbonyl (C=O) groups excluding carboxylic acids is 1. The number of anilines is 2. The summed E-state index contributed by atoms with van der Waals surface area (Å²) in [5.41, 5.74) is 0.952. The monoisotopic (exact) mass is 279 g/mol. The van der Waals surface area contributed by atoms with Crippen molar-refractivity contribution in [3.05, 3.63) is 11.4 Å². The minimum atomic E-state index is 0.110. The normalized spacial score (nSPS) is 10.3. The van der Waals surface area contributed by atoms with Crippen LogP contribution in [0.15, 0.2) is 0 Å². The first-order valence-corrected chi connectivity index (χ1v) is 6.96. The van der Waals surface area contributed by atoms with Crippen LogP contribution in [0.1, 0.15) is 25.2 Å². The second-order valence-electron chi connectivity index (χ2n) is 4.74. The van der Waals surface area contributed by atoms with Gasteiger partial charge in [0.1, 0.15) is 17.5 Å². The van der Waals surface area contributed by atoms with Gasteiger partial charge in [-0.25, -0.2) is 9.97 Å². The van der Waals surface area contributed by atoms with E-state index in [4.69, 9.17) is 0 Å². The zero-order valence-corrected chi connectivity index (χ0v) is 13.3. The van der Waals surface area contributed by atoms with Gasteiger partial charge in [-0.2, -0.15) is 0 Å². The quantitative estimate of drug-likeness (QED) is 0.854. The molecule has 0 aliphatic carbocycles. The van der Waals surface area contributed by atoms with Gasteiger partial charge in [0.05, 0.1) is 6.54 Å². The number of carbonyl (C=O) groups is 1. The molecule has 1 amide bonds. The van der Waals surface area contributed by atoms with Crippen molar-refractivity contribution >= 4 is 17.5 Å². The van der Waals surface area contributed by atoms with Crippen LogP contribution < -0.4 is 10.2 Å². The molecule has 0 aromatic carbocycles. The Kier molecular flexibility index (Phi) is 5.73. The lowest BCUT2D eigenvalue weighted by atomic mass is 10.2. The van der Waals surface area contributed by atoms with E-state index in [0.717, 1.165) is 30.3 Å². The Bertz CT molecular complexity index is 471. The van der Waals surface area contributed by atoms with Crippen molar-refractivity contribution in [1.29, 1.82) is 0 Å². The van der Waals surface area contributed by atoms with Crippen LogP contribution in [0.2, 0.25) is 0 Å². The van der Waals surface area contributed by atoms with Crippen molar-refractivity contribution in [2.45, 2.75) is 27.7 Å². The van der Waals surface area contributed by atoms with Crippen LogP contribution in [0.5, 0.6) is 0 Å². The molecule has 6 nitrogen and oxygen atoms in total. The predicted octanol–water partition coefficient (Wildman–Crippen LogP) is 1.44. The topological polar surface area (TPSA) is 61.4 Å². The summed E-state index contributed by atoms with van der Waals surface area (Å²) in [5.74, 6) is 2.40. The zero-order chi connectivity index (χ0) is 15.3. The number of amides is 1. The number of likely N-dealkylation sites (N-methyl/N-ethyl adjacent to an activating group) is 2. The average Bonchev–Trinajstić information content (AvgIpc) is 2.42. The van der Waals surface area contributed by atoms with Gasteiger partial charge in [-0.1, -0.05) is 0 Å². The van der Waals surface area contributed by atoms with E-state index in [1.807, 2.05) is 51.6 Å². The molecule has 112 valence electrons. The van der Waals surface area contributed by atoms with E-state index < -0.39 is 0 Å². The Labute approximate surface area is 121 Å². The van der Waals surface area contributed by atoms with Gasteiger partial charge in [-0.05, 0) is 27.7 Å². The van der Waals surface area contributed by atoms with Gasteiger partial charge < -0.3 is 15.1 Å². The molecule has 0 saturated carbocycles. The maximum Gasteiger partial charge on any atom is 0.242 e. The highest BCUT2D eigenvalue weighted by Gasteiger charge is 2.17. The molecule has 1 aromatic heterocycles. The van der Waals surface area contributed by atoms with Crippen LogP contribution in [-0.4, -0.2) is 54.5 Å². The summed E-state index contributed by atoms with van der Waals surface area (Å²) in [5, 5.41) is 3.06. The molecule has 1 N–H and O–H groups in total. The van der Waals surface area contributed by atoms with Gasteiger partial charge in [0.25, 0.3) is 0 Å². The maximum absolute atomic E-state index is 12.2. The van der Waals surface area contributed by atoms with Gasteiger partial charge >= 0.3 is 0 Å². The van der Waals surface area contributed by atoms with E-state index in [9.17, 15) is 4.79 Å². The van der Waals surface area contributed by atoms with Crippen LogP contribution in [0.4, 0.5) is 11.6 Å². The fourth-order valence-corrected chi connectivity index (χ4v) is 2.18. The summed E-state index contributed by atoms with van der Waals surface area (Å²) in [7, 11) is 3.72. The summed E-state index contributed by atoms with van der Waals surface area (Å²) >= 11 is 0. The first kappa shape index (κ1) is 16.2. The van der Waals surface area contributed by atoms with Crippen molar-refractivity contribution in [1.82, 2.24) is 14.9 Å². The lowest BCUT2D eigenvalue weighted by Crippen LogP contribution is -2.39. The van der Waals surface area contributed by atoms with Crippen molar-refractivity contribution < 1.29 is 4.79 Å². The fourth-order valence-electron chi connectivity index (χ4n) is 2.18. The molecular formula is C14H25N5O. The van der Waals surface area contributed by atoms with E-state index >= 15 is 0 Å². The number of aromatic nitrogens is 2. The zero-order valence-electron chi connectivity index (χ0n) is 13.3. The van der Waals surface area contributed by atoms with Crippen LogP contribution in [-0.2, 0) is 4.79 Å². The fraction of sp³-hybridized carbons (Fsp3) is 0.643. The lowest BCUT2D eigenvalue weighted by Gasteiger charge is -2.25. The van der Waals surface area contributed by atoms with Crippen LogP contribution in [0.25, 0.3) is 0 Å². The number of hydrogen-bond acceptors (Lipinski definition) is 5. The van der Waals surface area contributed by atoms with E-state index in [1.165, 1.54) is 0 Å². The number of nitrogens with zero attached hydrogens (tertiary/aromatic N) is 4. The molecule has 1 aromatic rings. The summed E-state index contributed by atoms with van der Waals surface area (Å²) in [6.07, 6.45) is 0. The second-order valence-corrected chi connectivity index (χ2v) is 4.74. The highest BCUT2D eigenvalue weighted by atomic mass is 16.2. The highest BCUT2D eigenvalue weighted by molar-refractivity contribution is 5.81. The van der Waals surface area contributed by atoms with E-state index in [2.05, 4.69) is 15.3 Å². The Morgan fingerprint density at radius 3 is 2.30 bits per heavy atom. The molecule has 0 radical (unpaired) electrons. The second kappa shape index (κ2) is 7.07. The van der Waals surface area contributed by atoms with Crippen LogP contribution in [0, 0.1) is 13.8 Å². The van der Waals surface area contributed by atoms with Gasteiger partial charge in [0.15, 0.2) is 0 Å². The lowest BCUT2D eigenvalue weighted by molar-refractivity contribution is -0.129. The van der Waals surface area contributed by atoms with Gasteiger partial charge in [-0.3, -0.25) is 4.79 Å². The number of nitrogens with one attached hydrogen (secondary N) is 1. The van der Waals surface area contributed by atoms with Gasteiger partial charge in [-0.15, -0.1) is 0 Å². The van der Waals surface area contributed by atoms with Crippen molar-refractivity contribution in [3.8, 4) is 0 Å². The Morgan fingerprint density at radius 1 is 1.20 bits per heavy atom. The SMILES string of the molecule is CCN(CC)C(=O)CN(C)c1nc(C)nc(NC)c1C. The third-order valence-corrected chi connectivity index (χ3v) is 3.32. The summed E-state index contributed by atoms with van der Waals surface area (Å²) in [4.78, 5) is 24.6. The molecule has 0 fully saturated rings. The molecule has 0 saturated heterocycles. The molecule has 6 heteroatoms. The number of hydrogen-bond donors (Lipinski definition) is 1. The van der Waals surface area contributed by atoms with Gasteiger partial charge in [0, 0.05) is 32.7 Å². The van der Waals surface area contributed by atoms with Crippen LogP contribution >= 0.6 is 0 Å². The molecule has 0 aliphatic heterocycles. The average molecular weight is 279 g/mol.